The molecule has 0 bridgehead atoms. The van der Waals surface area contributed by atoms with E-state index in [4.69, 9.17) is 23.2 Å². The molecule has 8 nitrogen and oxygen atoms in total. The van der Waals surface area contributed by atoms with Crippen molar-refractivity contribution >= 4 is 35.3 Å². The van der Waals surface area contributed by atoms with E-state index in [9.17, 15) is 22.8 Å². The Balaban J connectivity index is 2.11. The summed E-state index contributed by atoms with van der Waals surface area (Å²) in [6.07, 6.45) is -4.49. The third-order valence-corrected chi connectivity index (χ3v) is 4.47. The number of hydrogen-bond donors (Lipinski definition) is 3. The van der Waals surface area contributed by atoms with Crippen molar-refractivity contribution in [3.05, 3.63) is 70.5 Å². The molecule has 0 fully saturated rings. The van der Waals surface area contributed by atoms with E-state index in [0.717, 1.165) is 4.68 Å². The molecule has 31 heavy (non-hydrogen) atoms. The number of nitrogens with two attached hydrogens (primary N) is 2. The molecule has 0 aliphatic rings. The van der Waals surface area contributed by atoms with E-state index in [1.165, 1.54) is 24.3 Å². The van der Waals surface area contributed by atoms with Crippen LogP contribution in [-0.4, -0.2) is 22.1 Å². The van der Waals surface area contributed by atoms with Gasteiger partial charge in [-0.15, -0.1) is 0 Å². The number of halogens is 4. The molecule has 0 saturated heterocycles. The van der Waals surface area contributed by atoms with Gasteiger partial charge in [0, 0.05) is 17.6 Å². The van der Waals surface area contributed by atoms with Crippen LogP contribution in [0.3, 0.4) is 0 Å². The maximum atomic E-state index is 13.3. The zero-order valence-electron chi connectivity index (χ0n) is 15.7. The Labute approximate surface area is 179 Å². The van der Waals surface area contributed by atoms with Gasteiger partial charge >= 0.3 is 6.18 Å². The molecule has 1 heterocycles. The Morgan fingerprint density at radius 1 is 1.23 bits per heavy atom. The lowest BCUT2D eigenvalue weighted by molar-refractivity contribution is -0.141. The molecule has 0 spiro atoms. The standard InChI is InChI=1S/C19H16ClF3N6O2/c20-12-6-11(9-24)17(14(7-12)28(25)10-30)26-18(31)15-8-16(19(21,22)23)27-29(15)13-4-2-1-3-5-13/h1-8,10H,9,24-25H2,(H,26,31). The van der Waals surface area contributed by atoms with Gasteiger partial charge in [-0.3, -0.25) is 9.59 Å². The van der Waals surface area contributed by atoms with Crippen molar-refractivity contribution < 1.29 is 22.8 Å². The first kappa shape index (κ1) is 22.3. The molecule has 162 valence electrons. The molecule has 5 N–H and O–H groups in total. The van der Waals surface area contributed by atoms with Crippen LogP contribution in [-0.2, 0) is 17.5 Å². The van der Waals surface area contributed by atoms with Crippen molar-refractivity contribution in [2.45, 2.75) is 12.7 Å². The number of aromatic nitrogens is 2. The maximum Gasteiger partial charge on any atom is 0.435 e. The number of hydrazine groups is 1. The van der Waals surface area contributed by atoms with Crippen LogP contribution in [0.2, 0.25) is 5.02 Å². The Morgan fingerprint density at radius 2 is 1.90 bits per heavy atom. The summed E-state index contributed by atoms with van der Waals surface area (Å²) in [4.78, 5) is 24.2. The number of nitrogens with one attached hydrogen (secondary N) is 1. The van der Waals surface area contributed by atoms with Crippen LogP contribution < -0.4 is 21.9 Å². The molecule has 0 unspecified atom stereocenters. The second-order valence-electron chi connectivity index (χ2n) is 6.29. The lowest BCUT2D eigenvalue weighted by Gasteiger charge is -2.20. The fourth-order valence-electron chi connectivity index (χ4n) is 2.84. The van der Waals surface area contributed by atoms with Gasteiger partial charge in [0.05, 0.1) is 17.1 Å². The van der Waals surface area contributed by atoms with Gasteiger partial charge in [0.1, 0.15) is 5.69 Å². The molecule has 0 atom stereocenters. The van der Waals surface area contributed by atoms with E-state index in [1.54, 1.807) is 18.2 Å². The molecular formula is C19H16ClF3N6O2. The van der Waals surface area contributed by atoms with Gasteiger partial charge in [-0.1, -0.05) is 29.8 Å². The maximum absolute atomic E-state index is 13.3. The second kappa shape index (κ2) is 8.76. The molecule has 3 rings (SSSR count). The summed E-state index contributed by atoms with van der Waals surface area (Å²) < 4.78 is 40.7. The molecule has 2 aromatic carbocycles. The highest BCUT2D eigenvalue weighted by Gasteiger charge is 2.36. The van der Waals surface area contributed by atoms with Gasteiger partial charge < -0.3 is 11.1 Å². The smallest absolute Gasteiger partial charge is 0.326 e. The van der Waals surface area contributed by atoms with Crippen LogP contribution >= 0.6 is 11.6 Å². The van der Waals surface area contributed by atoms with Gasteiger partial charge in [0.2, 0.25) is 6.41 Å². The SMILES string of the molecule is NCc1cc(Cl)cc(N(N)C=O)c1NC(=O)c1cc(C(F)(F)F)nn1-c1ccccc1. The predicted molar refractivity (Wildman–Crippen MR) is 109 cm³/mol. The highest BCUT2D eigenvalue weighted by atomic mass is 35.5. The van der Waals surface area contributed by atoms with Gasteiger partial charge in [-0.05, 0) is 29.8 Å². The summed E-state index contributed by atoms with van der Waals surface area (Å²) in [5, 5.41) is 6.87. The number of rotatable bonds is 6. The van der Waals surface area contributed by atoms with Crippen molar-refractivity contribution in [2.24, 2.45) is 11.6 Å². The van der Waals surface area contributed by atoms with Crippen molar-refractivity contribution in [2.75, 3.05) is 10.3 Å². The van der Waals surface area contributed by atoms with Crippen LogP contribution in [0.4, 0.5) is 24.5 Å². The number of nitrogens with zero attached hydrogens (tertiary/aromatic N) is 3. The summed E-state index contributed by atoms with van der Waals surface area (Å²) in [6, 6.07) is 11.2. The van der Waals surface area contributed by atoms with E-state index >= 15 is 0 Å². The Bertz CT molecular complexity index is 1120. The first-order valence-electron chi connectivity index (χ1n) is 8.71. The highest BCUT2D eigenvalue weighted by molar-refractivity contribution is 6.31. The van der Waals surface area contributed by atoms with E-state index in [2.05, 4.69) is 10.4 Å². The second-order valence-corrected chi connectivity index (χ2v) is 6.73. The van der Waals surface area contributed by atoms with Crippen LogP contribution in [0.25, 0.3) is 5.69 Å². The molecule has 12 heteroatoms. The fourth-order valence-corrected chi connectivity index (χ4v) is 3.07. The molecule has 0 aliphatic heterocycles. The number of carbonyl (C=O) groups is 2. The monoisotopic (exact) mass is 452 g/mol. The number of carbonyl (C=O) groups excluding carboxylic acids is 2. The van der Waals surface area contributed by atoms with E-state index in [-0.39, 0.29) is 35.0 Å². The highest BCUT2D eigenvalue weighted by Crippen LogP contribution is 2.33. The lowest BCUT2D eigenvalue weighted by atomic mass is 10.1. The van der Waals surface area contributed by atoms with Crippen molar-refractivity contribution in [3.8, 4) is 5.69 Å². The first-order valence-corrected chi connectivity index (χ1v) is 9.09. The van der Waals surface area contributed by atoms with Crippen LogP contribution in [0.1, 0.15) is 21.7 Å². The topological polar surface area (TPSA) is 119 Å². The number of hydrogen-bond acceptors (Lipinski definition) is 5. The first-order chi connectivity index (χ1) is 14.7. The Morgan fingerprint density at radius 3 is 2.48 bits per heavy atom. The lowest BCUT2D eigenvalue weighted by Crippen LogP contribution is -2.31. The van der Waals surface area contributed by atoms with Crippen LogP contribution in [0, 0.1) is 0 Å². The minimum absolute atomic E-state index is 0.0121. The summed E-state index contributed by atoms with van der Waals surface area (Å²) in [5.41, 5.74) is 4.66. The molecule has 1 aromatic heterocycles. The Hall–Kier alpha value is -3.41. The average Bonchev–Trinajstić information content (AvgIpc) is 3.21. The largest absolute Gasteiger partial charge is 0.435 e. The average molecular weight is 453 g/mol. The molecular weight excluding hydrogens is 437 g/mol. The third-order valence-electron chi connectivity index (χ3n) is 4.25. The van der Waals surface area contributed by atoms with E-state index in [1.807, 2.05) is 0 Å². The quantitative estimate of drug-likeness (QED) is 0.230. The molecule has 0 saturated carbocycles. The van der Waals surface area contributed by atoms with Gasteiger partial charge in [0.15, 0.2) is 5.69 Å². The summed E-state index contributed by atoms with van der Waals surface area (Å²) >= 11 is 6.01. The van der Waals surface area contributed by atoms with Crippen LogP contribution in [0.15, 0.2) is 48.5 Å². The van der Waals surface area contributed by atoms with E-state index in [0.29, 0.717) is 16.6 Å². The molecule has 0 radical (unpaired) electrons. The van der Waals surface area contributed by atoms with Crippen molar-refractivity contribution in [1.82, 2.24) is 9.78 Å². The van der Waals surface area contributed by atoms with Gasteiger partial charge in [-0.2, -0.15) is 18.3 Å². The fraction of sp³-hybridized carbons (Fsp3) is 0.105. The molecule has 3 aromatic rings. The van der Waals surface area contributed by atoms with Gasteiger partial charge in [0.25, 0.3) is 5.91 Å². The minimum Gasteiger partial charge on any atom is -0.326 e. The number of amides is 2. The number of anilines is 2. The summed E-state index contributed by atoms with van der Waals surface area (Å²) in [6.45, 7) is -0.0956. The van der Waals surface area contributed by atoms with Crippen molar-refractivity contribution in [1.29, 1.82) is 0 Å². The zero-order valence-corrected chi connectivity index (χ0v) is 16.5. The molecule has 2 amide bonds. The van der Waals surface area contributed by atoms with Crippen molar-refractivity contribution in [3.63, 3.8) is 0 Å². The zero-order chi connectivity index (χ0) is 22.8. The molecule has 0 aliphatic carbocycles. The van der Waals surface area contributed by atoms with Crippen LogP contribution in [0.5, 0.6) is 0 Å². The minimum atomic E-state index is -4.77. The predicted octanol–water partition coefficient (Wildman–Crippen LogP) is 3.09. The number of alkyl halides is 3. The van der Waals surface area contributed by atoms with E-state index < -0.39 is 23.5 Å². The summed E-state index contributed by atoms with van der Waals surface area (Å²) in [7, 11) is 0. The number of para-hydroxylation sites is 1. The summed E-state index contributed by atoms with van der Waals surface area (Å²) in [5.74, 6) is 4.71. The number of benzene rings is 2. The third kappa shape index (κ3) is 4.68. The van der Waals surface area contributed by atoms with Gasteiger partial charge in [-0.25, -0.2) is 15.5 Å². The normalized spacial score (nSPS) is 11.3. The Kier molecular flexibility index (Phi) is 6.29.